The molecule has 4 nitrogen and oxygen atoms in total. The van der Waals surface area contributed by atoms with Gasteiger partial charge in [-0.3, -0.25) is 10.1 Å². The second kappa shape index (κ2) is 8.52. The van der Waals surface area contributed by atoms with Crippen molar-refractivity contribution in [2.45, 2.75) is 68.8 Å². The lowest BCUT2D eigenvalue weighted by molar-refractivity contribution is 0.0998. The SMILES string of the molecule is O=C(Nc1nc2c(s1)CCCC2)c1oc2ccccc2c1CSC1CCCCC1. The van der Waals surface area contributed by atoms with Crippen LogP contribution in [0.3, 0.4) is 0 Å². The Balaban J connectivity index is 1.39. The lowest BCUT2D eigenvalue weighted by Crippen LogP contribution is -2.13. The summed E-state index contributed by atoms with van der Waals surface area (Å²) in [5.74, 6) is 1.09. The van der Waals surface area contributed by atoms with Gasteiger partial charge in [0, 0.05) is 26.8 Å². The molecule has 0 bridgehead atoms. The van der Waals surface area contributed by atoms with Crippen molar-refractivity contribution in [3.63, 3.8) is 0 Å². The zero-order valence-electron chi connectivity index (χ0n) is 16.5. The number of thioether (sulfide) groups is 1. The molecule has 1 fully saturated rings. The Morgan fingerprint density at radius 1 is 1.14 bits per heavy atom. The molecule has 1 saturated carbocycles. The number of aromatic nitrogens is 1. The summed E-state index contributed by atoms with van der Waals surface area (Å²) in [4.78, 5) is 19.1. The van der Waals surface area contributed by atoms with E-state index in [1.807, 2.05) is 30.0 Å². The van der Waals surface area contributed by atoms with Crippen LogP contribution in [-0.2, 0) is 18.6 Å². The number of fused-ring (bicyclic) bond motifs is 2. The third-order valence-corrected chi connectivity index (χ3v) is 8.46. The number of thiazole rings is 1. The number of benzene rings is 1. The Morgan fingerprint density at radius 3 is 2.83 bits per heavy atom. The van der Waals surface area contributed by atoms with Crippen LogP contribution in [0.4, 0.5) is 5.13 Å². The van der Waals surface area contributed by atoms with E-state index in [1.54, 1.807) is 11.3 Å². The predicted octanol–water partition coefficient (Wildman–Crippen LogP) is 6.59. The van der Waals surface area contributed by atoms with Gasteiger partial charge in [0.2, 0.25) is 0 Å². The van der Waals surface area contributed by atoms with Gasteiger partial charge in [-0.2, -0.15) is 11.8 Å². The highest BCUT2D eigenvalue weighted by molar-refractivity contribution is 7.99. The summed E-state index contributed by atoms with van der Waals surface area (Å²) in [6.45, 7) is 0. The van der Waals surface area contributed by atoms with Crippen LogP contribution in [0.25, 0.3) is 11.0 Å². The average Bonchev–Trinajstić information content (AvgIpc) is 3.33. The number of amides is 1. The van der Waals surface area contributed by atoms with Crippen LogP contribution in [0.15, 0.2) is 28.7 Å². The van der Waals surface area contributed by atoms with E-state index >= 15 is 0 Å². The van der Waals surface area contributed by atoms with E-state index in [-0.39, 0.29) is 5.91 Å². The van der Waals surface area contributed by atoms with Crippen LogP contribution in [0.1, 0.15) is 71.6 Å². The Labute approximate surface area is 179 Å². The Morgan fingerprint density at radius 2 is 1.97 bits per heavy atom. The van der Waals surface area contributed by atoms with Crippen molar-refractivity contribution in [2.24, 2.45) is 0 Å². The molecule has 0 aliphatic heterocycles. The van der Waals surface area contributed by atoms with Gasteiger partial charge < -0.3 is 4.42 Å². The van der Waals surface area contributed by atoms with E-state index in [9.17, 15) is 4.79 Å². The third kappa shape index (κ3) is 4.10. The zero-order valence-corrected chi connectivity index (χ0v) is 18.2. The molecular weight excluding hydrogens is 400 g/mol. The summed E-state index contributed by atoms with van der Waals surface area (Å²) < 4.78 is 6.03. The Hall–Kier alpha value is -1.79. The third-order valence-electron chi connectivity index (χ3n) is 5.99. The highest BCUT2D eigenvalue weighted by atomic mass is 32.2. The fraction of sp³-hybridized carbons (Fsp3) is 0.478. The number of aryl methyl sites for hydroxylation is 2. The monoisotopic (exact) mass is 426 g/mol. The van der Waals surface area contributed by atoms with E-state index in [0.717, 1.165) is 40.8 Å². The molecule has 2 heterocycles. The minimum atomic E-state index is -0.174. The number of carbonyl (C=O) groups is 1. The number of furan rings is 1. The molecule has 0 unspecified atom stereocenters. The Kier molecular flexibility index (Phi) is 5.64. The first-order valence-electron chi connectivity index (χ1n) is 10.7. The van der Waals surface area contributed by atoms with Crippen LogP contribution < -0.4 is 5.32 Å². The highest BCUT2D eigenvalue weighted by Gasteiger charge is 2.24. The standard InChI is InChI=1S/C23H26N2O2S2/c26-22(25-23-24-18-11-5-7-13-20(18)29-23)21-17(14-28-15-8-2-1-3-9-15)16-10-4-6-12-19(16)27-21/h4,6,10,12,15H,1-3,5,7-9,11,13-14H2,(H,24,25,26). The molecular formula is C23H26N2O2S2. The minimum Gasteiger partial charge on any atom is -0.451 e. The lowest BCUT2D eigenvalue weighted by atomic mass is 10.0. The van der Waals surface area contributed by atoms with Crippen LogP contribution >= 0.6 is 23.1 Å². The number of hydrogen-bond donors (Lipinski definition) is 1. The van der Waals surface area contributed by atoms with E-state index in [4.69, 9.17) is 4.42 Å². The fourth-order valence-electron chi connectivity index (χ4n) is 4.42. The molecule has 5 rings (SSSR count). The summed E-state index contributed by atoms with van der Waals surface area (Å²) in [6, 6.07) is 7.99. The number of carbonyl (C=O) groups excluding carboxylic acids is 1. The molecule has 2 aromatic heterocycles. The first kappa shape index (κ1) is 19.2. The maximum absolute atomic E-state index is 13.1. The maximum atomic E-state index is 13.1. The van der Waals surface area contributed by atoms with Crippen LogP contribution in [0.2, 0.25) is 0 Å². The van der Waals surface area contributed by atoms with Crippen molar-refractivity contribution < 1.29 is 9.21 Å². The normalized spacial score (nSPS) is 17.4. The lowest BCUT2D eigenvalue weighted by Gasteiger charge is -2.20. The van der Waals surface area contributed by atoms with E-state index in [0.29, 0.717) is 16.1 Å². The van der Waals surface area contributed by atoms with E-state index in [1.165, 1.54) is 49.8 Å². The average molecular weight is 427 g/mol. The van der Waals surface area contributed by atoms with Crippen molar-refractivity contribution >= 4 is 45.1 Å². The molecule has 3 aromatic rings. The molecule has 2 aliphatic rings. The second-order valence-corrected chi connectivity index (χ2v) is 10.4. The van der Waals surface area contributed by atoms with Crippen molar-refractivity contribution in [2.75, 3.05) is 5.32 Å². The van der Waals surface area contributed by atoms with E-state index in [2.05, 4.69) is 16.4 Å². The molecule has 6 heteroatoms. The van der Waals surface area contributed by atoms with Gasteiger partial charge in [-0.1, -0.05) is 37.5 Å². The minimum absolute atomic E-state index is 0.174. The van der Waals surface area contributed by atoms with Gasteiger partial charge in [-0.05, 0) is 44.6 Å². The maximum Gasteiger partial charge on any atom is 0.293 e. The van der Waals surface area contributed by atoms with Gasteiger partial charge >= 0.3 is 0 Å². The molecule has 2 aliphatic carbocycles. The number of anilines is 1. The topological polar surface area (TPSA) is 55.1 Å². The number of nitrogens with zero attached hydrogens (tertiary/aromatic N) is 1. The summed E-state index contributed by atoms with van der Waals surface area (Å²) in [5, 5.41) is 5.47. The molecule has 0 saturated heterocycles. The van der Waals surface area contributed by atoms with Gasteiger partial charge in [0.15, 0.2) is 10.9 Å². The number of para-hydroxylation sites is 1. The van der Waals surface area contributed by atoms with Gasteiger partial charge in [-0.25, -0.2) is 4.98 Å². The highest BCUT2D eigenvalue weighted by Crippen LogP contribution is 2.36. The first-order valence-corrected chi connectivity index (χ1v) is 12.6. The largest absolute Gasteiger partial charge is 0.451 e. The number of nitrogens with one attached hydrogen (secondary N) is 1. The van der Waals surface area contributed by atoms with E-state index < -0.39 is 0 Å². The van der Waals surface area contributed by atoms with Crippen molar-refractivity contribution in [3.05, 3.63) is 46.2 Å². The predicted molar refractivity (Wildman–Crippen MR) is 121 cm³/mol. The molecule has 1 aromatic carbocycles. The van der Waals surface area contributed by atoms with Crippen molar-refractivity contribution in [1.29, 1.82) is 0 Å². The summed E-state index contributed by atoms with van der Waals surface area (Å²) in [7, 11) is 0. The molecule has 1 amide bonds. The molecule has 0 atom stereocenters. The second-order valence-electron chi connectivity index (χ2n) is 8.03. The molecule has 152 valence electrons. The zero-order chi connectivity index (χ0) is 19.6. The number of rotatable bonds is 5. The smallest absolute Gasteiger partial charge is 0.293 e. The Bertz CT molecular complexity index is 994. The number of hydrogen-bond acceptors (Lipinski definition) is 5. The molecule has 0 spiro atoms. The van der Waals surface area contributed by atoms with Crippen molar-refractivity contribution in [3.8, 4) is 0 Å². The quantitative estimate of drug-likeness (QED) is 0.500. The summed E-state index contributed by atoms with van der Waals surface area (Å²) in [5.41, 5.74) is 2.97. The van der Waals surface area contributed by atoms with Crippen LogP contribution in [-0.4, -0.2) is 16.1 Å². The fourth-order valence-corrected chi connectivity index (χ4v) is 6.82. The van der Waals surface area contributed by atoms with Gasteiger partial charge in [0.25, 0.3) is 5.91 Å². The molecule has 0 radical (unpaired) electrons. The first-order chi connectivity index (χ1) is 14.3. The van der Waals surface area contributed by atoms with Crippen LogP contribution in [0, 0.1) is 0 Å². The van der Waals surface area contributed by atoms with Gasteiger partial charge in [0.1, 0.15) is 5.58 Å². The summed E-state index contributed by atoms with van der Waals surface area (Å²) >= 11 is 3.59. The van der Waals surface area contributed by atoms with Crippen LogP contribution in [0.5, 0.6) is 0 Å². The van der Waals surface area contributed by atoms with Gasteiger partial charge in [-0.15, -0.1) is 11.3 Å². The summed E-state index contributed by atoms with van der Waals surface area (Å²) in [6.07, 6.45) is 11.1. The molecule has 1 N–H and O–H groups in total. The molecule has 29 heavy (non-hydrogen) atoms. The van der Waals surface area contributed by atoms with Gasteiger partial charge in [0.05, 0.1) is 5.69 Å². The van der Waals surface area contributed by atoms with Crippen molar-refractivity contribution in [1.82, 2.24) is 4.98 Å².